The molecule has 3 fully saturated rings. The van der Waals surface area contributed by atoms with E-state index in [4.69, 9.17) is 21.5 Å². The number of hydrogen-bond donors (Lipinski definition) is 3. The van der Waals surface area contributed by atoms with Gasteiger partial charge in [0.1, 0.15) is 0 Å². The molecule has 3 saturated heterocycles. The highest BCUT2D eigenvalue weighted by Gasteiger charge is 2.44. The second kappa shape index (κ2) is 15.3. The number of aliphatic carboxylic acids is 1. The molecule has 1 atom stereocenters. The van der Waals surface area contributed by atoms with Crippen molar-refractivity contribution in [3.63, 3.8) is 0 Å². The molecule has 1 aromatic carbocycles. The third-order valence-corrected chi connectivity index (χ3v) is 9.40. The van der Waals surface area contributed by atoms with Crippen LogP contribution in [0.1, 0.15) is 61.4 Å². The third kappa shape index (κ3) is 9.33. The van der Waals surface area contributed by atoms with Crippen molar-refractivity contribution in [1.82, 2.24) is 20.4 Å². The van der Waals surface area contributed by atoms with E-state index >= 15 is 0 Å². The second-order valence-corrected chi connectivity index (χ2v) is 12.3. The number of likely N-dealkylation sites (tertiary alicyclic amines) is 2. The number of rotatable bonds is 8. The largest absolute Gasteiger partial charge is 0.481 e. The number of aryl methyl sites for hydroxylation is 1. The van der Waals surface area contributed by atoms with E-state index in [2.05, 4.69) is 15.5 Å². The first-order valence-electron chi connectivity index (χ1n) is 14.8. The van der Waals surface area contributed by atoms with Gasteiger partial charge in [-0.1, -0.05) is 11.6 Å². The van der Waals surface area contributed by atoms with Crippen LogP contribution in [0, 0.1) is 18.3 Å². The van der Waals surface area contributed by atoms with Gasteiger partial charge in [-0.05, 0) is 81.8 Å². The molecule has 0 bridgehead atoms. The number of carboxylic acid groups (broad SMARTS) is 1. The number of anilines is 1. The fourth-order valence-corrected chi connectivity index (χ4v) is 6.38. The van der Waals surface area contributed by atoms with Gasteiger partial charge in [0.2, 0.25) is 12.3 Å². The summed E-state index contributed by atoms with van der Waals surface area (Å²) in [6.45, 7) is 6.83. The zero-order chi connectivity index (χ0) is 31.8. The molecule has 0 radical (unpaired) electrons. The van der Waals surface area contributed by atoms with Crippen LogP contribution >= 0.6 is 11.6 Å². The number of piperidine rings is 3. The Morgan fingerprint density at radius 2 is 1.77 bits per heavy atom. The molecule has 3 amide bonds. The molecule has 1 spiro atoms. The molecule has 0 saturated carbocycles. The van der Waals surface area contributed by atoms with Gasteiger partial charge in [0.15, 0.2) is 0 Å². The summed E-state index contributed by atoms with van der Waals surface area (Å²) >= 11 is 6.49. The summed E-state index contributed by atoms with van der Waals surface area (Å²) in [5.74, 6) is -4.36. The van der Waals surface area contributed by atoms with Crippen molar-refractivity contribution in [1.29, 1.82) is 0 Å². The molecule has 43 heavy (non-hydrogen) atoms. The van der Waals surface area contributed by atoms with Gasteiger partial charge in [-0.3, -0.25) is 19.2 Å². The van der Waals surface area contributed by atoms with Crippen LogP contribution in [0.3, 0.4) is 0 Å². The van der Waals surface area contributed by atoms with Gasteiger partial charge >= 0.3 is 0 Å². The molecule has 1 aromatic rings. The molecule has 0 aliphatic carbocycles. The third-order valence-electron chi connectivity index (χ3n) is 8.91. The summed E-state index contributed by atoms with van der Waals surface area (Å²) < 4.78 is 28.6. The highest BCUT2D eigenvalue weighted by Crippen LogP contribution is 2.42. The van der Waals surface area contributed by atoms with E-state index in [-0.39, 0.29) is 36.7 Å². The number of nitrogens with one attached hydrogen (secondary N) is 2. The van der Waals surface area contributed by atoms with Gasteiger partial charge in [0.25, 0.3) is 17.8 Å². The molecule has 3 aliphatic heterocycles. The molecule has 3 N–H and O–H groups in total. The minimum absolute atomic E-state index is 0.103. The van der Waals surface area contributed by atoms with Gasteiger partial charge in [0, 0.05) is 58.1 Å². The Morgan fingerprint density at radius 1 is 1.16 bits per heavy atom. The Kier molecular flexibility index (Phi) is 12.3. The molecule has 4 rings (SSSR count). The minimum Gasteiger partial charge on any atom is -0.481 e. The van der Waals surface area contributed by atoms with E-state index in [9.17, 15) is 23.2 Å². The number of hydrogen-bond acceptors (Lipinski definition) is 6. The quantitative estimate of drug-likeness (QED) is 0.378. The number of carbonyl (C=O) groups is 4. The zero-order valence-electron chi connectivity index (χ0n) is 25.3. The average Bonchev–Trinajstić information content (AvgIpc) is 2.97. The lowest BCUT2D eigenvalue weighted by molar-refractivity contribution is -0.134. The van der Waals surface area contributed by atoms with Crippen LogP contribution in [0.25, 0.3) is 0 Å². The molecule has 0 aromatic heterocycles. The van der Waals surface area contributed by atoms with Crippen molar-refractivity contribution >= 4 is 41.5 Å². The number of nitrogens with zero attached hydrogens (tertiary/aromatic N) is 3. The van der Waals surface area contributed by atoms with E-state index in [0.717, 1.165) is 45.7 Å². The molecule has 13 heteroatoms. The molecule has 10 nitrogen and oxygen atoms in total. The van der Waals surface area contributed by atoms with Gasteiger partial charge in [-0.25, -0.2) is 8.78 Å². The summed E-state index contributed by atoms with van der Waals surface area (Å²) in [6, 6.07) is 3.38. The normalized spacial score (nSPS) is 21.3. The van der Waals surface area contributed by atoms with Gasteiger partial charge in [0.05, 0.1) is 17.3 Å². The fourth-order valence-electron chi connectivity index (χ4n) is 6.16. The van der Waals surface area contributed by atoms with E-state index in [0.29, 0.717) is 60.8 Å². The van der Waals surface area contributed by atoms with Crippen LogP contribution in [-0.2, 0) is 14.4 Å². The predicted octanol–water partition coefficient (Wildman–Crippen LogP) is 3.40. The second-order valence-electron chi connectivity index (χ2n) is 11.9. The Morgan fingerprint density at radius 3 is 2.33 bits per heavy atom. The van der Waals surface area contributed by atoms with Crippen LogP contribution < -0.4 is 15.5 Å². The Bertz CT molecular complexity index is 1150. The molecule has 3 aliphatic rings. The van der Waals surface area contributed by atoms with Crippen molar-refractivity contribution in [3.05, 3.63) is 28.3 Å². The van der Waals surface area contributed by atoms with Crippen molar-refractivity contribution in [2.24, 2.45) is 11.3 Å². The summed E-state index contributed by atoms with van der Waals surface area (Å²) in [6.07, 6.45) is 4.97. The topological polar surface area (TPSA) is 122 Å². The lowest BCUT2D eigenvalue weighted by Crippen LogP contribution is -2.53. The van der Waals surface area contributed by atoms with Crippen LogP contribution in [0.4, 0.5) is 14.5 Å². The summed E-state index contributed by atoms with van der Waals surface area (Å²) in [5, 5.41) is 13.1. The van der Waals surface area contributed by atoms with Crippen LogP contribution in [0.5, 0.6) is 0 Å². The van der Waals surface area contributed by atoms with Gasteiger partial charge in [-0.15, -0.1) is 0 Å². The van der Waals surface area contributed by atoms with Crippen molar-refractivity contribution < 1.29 is 33.1 Å². The molecule has 1 unspecified atom stereocenters. The first-order valence-corrected chi connectivity index (χ1v) is 15.2. The molecule has 240 valence electrons. The maximum absolute atomic E-state index is 14.3. The van der Waals surface area contributed by atoms with Crippen LogP contribution in [-0.4, -0.2) is 104 Å². The first-order chi connectivity index (χ1) is 20.3. The Hall–Kier alpha value is -2.83. The lowest BCUT2D eigenvalue weighted by Gasteiger charge is -2.48. The minimum atomic E-state index is -2.65. The van der Waals surface area contributed by atoms with Crippen molar-refractivity contribution in [2.45, 2.75) is 58.3 Å². The van der Waals surface area contributed by atoms with Gasteiger partial charge in [-0.2, -0.15) is 0 Å². The predicted molar refractivity (Wildman–Crippen MR) is 161 cm³/mol. The maximum atomic E-state index is 14.3. The SMILES string of the molecule is CC(=O)O.CNC(=O)CCN(C=O)c1cc(C(=O)N2CCC3(CCN(CC4CCNCC4(F)F)CC3)CC2)cc(C)c1Cl. The van der Waals surface area contributed by atoms with E-state index < -0.39 is 17.8 Å². The van der Waals surface area contributed by atoms with Crippen molar-refractivity contribution in [3.8, 4) is 0 Å². The highest BCUT2D eigenvalue weighted by molar-refractivity contribution is 6.34. The zero-order valence-corrected chi connectivity index (χ0v) is 26.0. The summed E-state index contributed by atoms with van der Waals surface area (Å²) in [4.78, 5) is 51.4. The van der Waals surface area contributed by atoms with E-state index in [1.165, 1.54) is 11.9 Å². The number of alkyl halides is 2. The Labute approximate surface area is 257 Å². The standard InChI is InChI=1S/C28H40ClF2N5O3.C2H4O2/c1-20-15-21(16-23(25(20)29)36(19-37)10-4-24(38)32-2)26(39)35-13-7-27(8-14-35)5-11-34(12-6-27)17-22-3-9-33-18-28(22,30)31;1-2(3)4/h15-16,19,22,33H,3-14,17-18H2,1-2H3,(H,32,38);1H3,(H,3,4). The number of amides is 3. The van der Waals surface area contributed by atoms with Crippen LogP contribution in [0.2, 0.25) is 5.02 Å². The maximum Gasteiger partial charge on any atom is 0.300 e. The summed E-state index contributed by atoms with van der Waals surface area (Å²) in [5.41, 5.74) is 1.72. The summed E-state index contributed by atoms with van der Waals surface area (Å²) in [7, 11) is 1.53. The number of benzene rings is 1. The van der Waals surface area contributed by atoms with Crippen molar-refractivity contribution in [2.75, 3.05) is 64.3 Å². The number of carboxylic acids is 1. The number of carbonyl (C=O) groups excluding carboxylic acids is 3. The smallest absolute Gasteiger partial charge is 0.300 e. The van der Waals surface area contributed by atoms with Crippen LogP contribution in [0.15, 0.2) is 12.1 Å². The van der Waals surface area contributed by atoms with E-state index in [1.54, 1.807) is 19.1 Å². The molecular formula is C30H44ClF2N5O5. The number of halogens is 3. The first kappa shape index (κ1) is 34.7. The molecule has 3 heterocycles. The average molecular weight is 628 g/mol. The van der Waals surface area contributed by atoms with Gasteiger partial charge < -0.3 is 30.4 Å². The fraction of sp³-hybridized carbons (Fsp3) is 0.667. The molecular weight excluding hydrogens is 584 g/mol. The Balaban J connectivity index is 0.00000119. The highest BCUT2D eigenvalue weighted by atomic mass is 35.5. The van der Waals surface area contributed by atoms with E-state index in [1.807, 2.05) is 4.90 Å². The lowest BCUT2D eigenvalue weighted by atomic mass is 9.71. The monoisotopic (exact) mass is 627 g/mol.